The van der Waals surface area contributed by atoms with Crippen molar-refractivity contribution in [3.8, 4) is 0 Å². The van der Waals surface area contributed by atoms with E-state index in [9.17, 15) is 19.5 Å². The molecule has 0 radical (unpaired) electrons. The van der Waals surface area contributed by atoms with Gasteiger partial charge in [-0.15, -0.1) is 6.58 Å². The lowest BCUT2D eigenvalue weighted by atomic mass is 10.0. The molecule has 0 aliphatic rings. The molecule has 0 heterocycles. The summed E-state index contributed by atoms with van der Waals surface area (Å²) in [6, 6.07) is 5.25. The Hall–Kier alpha value is -2.87. The van der Waals surface area contributed by atoms with Crippen LogP contribution in [-0.4, -0.2) is 59.3 Å². The number of alkyl carbamates (subject to hydrolysis) is 1. The van der Waals surface area contributed by atoms with Crippen LogP contribution < -0.4 is 10.6 Å². The average Bonchev–Trinajstić information content (AvgIpc) is 2.76. The van der Waals surface area contributed by atoms with Crippen molar-refractivity contribution in [3.05, 3.63) is 48.0 Å². The molecule has 0 aliphatic carbocycles. The molecule has 1 aromatic rings. The van der Waals surface area contributed by atoms with Gasteiger partial charge in [0.05, 0.1) is 6.61 Å². The van der Waals surface area contributed by atoms with Crippen LogP contribution in [0.25, 0.3) is 0 Å². The van der Waals surface area contributed by atoms with Crippen molar-refractivity contribution in [2.75, 3.05) is 19.7 Å². The van der Waals surface area contributed by atoms with Crippen LogP contribution in [0.1, 0.15) is 64.6 Å². The third-order valence-electron chi connectivity index (χ3n) is 4.87. The molecule has 8 nitrogen and oxygen atoms in total. The standard InChI is InChI=1S/C25H39N3O5/c1-7-10-15-26-22(30)21(19-13-11-18(9-3)12-14-19)28(16-8-2)23(31)20(17-29)27-24(32)33-25(4,5)6/h8,11-14,20-21,29H,2,7,9-10,15-17H2,1,3-6H3,(H,26,30)(H,27,32). The highest BCUT2D eigenvalue weighted by atomic mass is 16.6. The maximum atomic E-state index is 13.4. The maximum Gasteiger partial charge on any atom is 0.408 e. The monoisotopic (exact) mass is 461 g/mol. The Morgan fingerprint density at radius 3 is 2.30 bits per heavy atom. The summed E-state index contributed by atoms with van der Waals surface area (Å²) in [5.74, 6) is -0.949. The van der Waals surface area contributed by atoms with Crippen molar-refractivity contribution in [3.63, 3.8) is 0 Å². The van der Waals surface area contributed by atoms with Gasteiger partial charge in [-0.2, -0.15) is 0 Å². The fourth-order valence-corrected chi connectivity index (χ4v) is 3.19. The predicted octanol–water partition coefficient (Wildman–Crippen LogP) is 3.11. The normalized spacial score (nSPS) is 12.9. The van der Waals surface area contributed by atoms with Crippen molar-refractivity contribution in [1.29, 1.82) is 0 Å². The highest BCUT2D eigenvalue weighted by molar-refractivity contribution is 5.92. The molecule has 0 aliphatic heterocycles. The van der Waals surface area contributed by atoms with Crippen molar-refractivity contribution >= 4 is 17.9 Å². The molecule has 3 N–H and O–H groups in total. The molecule has 0 fully saturated rings. The number of aryl methyl sites for hydroxylation is 1. The Kier molecular flexibility index (Phi) is 11.6. The second-order valence-electron chi connectivity index (χ2n) is 8.80. The Balaban J connectivity index is 3.28. The lowest BCUT2D eigenvalue weighted by Gasteiger charge is -2.33. The number of unbranched alkanes of at least 4 members (excludes halogenated alkanes) is 1. The van der Waals surface area contributed by atoms with E-state index in [0.29, 0.717) is 12.1 Å². The number of nitrogens with zero attached hydrogens (tertiary/aromatic N) is 1. The third-order valence-corrected chi connectivity index (χ3v) is 4.87. The number of nitrogens with one attached hydrogen (secondary N) is 2. The quantitative estimate of drug-likeness (QED) is 0.327. The van der Waals surface area contributed by atoms with Crippen molar-refractivity contribution in [1.82, 2.24) is 15.5 Å². The number of aliphatic hydroxyl groups is 1. The SMILES string of the molecule is C=CCN(C(=O)C(CO)NC(=O)OC(C)(C)C)C(C(=O)NCCCC)c1ccc(CC)cc1. The van der Waals surface area contributed by atoms with E-state index in [1.165, 1.54) is 11.0 Å². The Labute approximate surface area is 197 Å². The van der Waals surface area contributed by atoms with Gasteiger partial charge in [-0.1, -0.05) is 50.6 Å². The van der Waals surface area contributed by atoms with Gasteiger partial charge in [0.15, 0.2) is 0 Å². The minimum Gasteiger partial charge on any atom is -0.444 e. The minimum absolute atomic E-state index is 0.0483. The largest absolute Gasteiger partial charge is 0.444 e. The Morgan fingerprint density at radius 1 is 1.18 bits per heavy atom. The van der Waals surface area contributed by atoms with Crippen LogP contribution in [0, 0.1) is 0 Å². The Bertz CT molecular complexity index is 786. The van der Waals surface area contributed by atoms with Crippen molar-refractivity contribution in [2.24, 2.45) is 0 Å². The summed E-state index contributed by atoms with van der Waals surface area (Å²) in [6.07, 6.45) is 3.24. The van der Waals surface area contributed by atoms with Gasteiger partial charge in [0.25, 0.3) is 0 Å². The van der Waals surface area contributed by atoms with Crippen molar-refractivity contribution < 1.29 is 24.2 Å². The summed E-state index contributed by atoms with van der Waals surface area (Å²) in [4.78, 5) is 40.1. The highest BCUT2D eigenvalue weighted by Crippen LogP contribution is 2.23. The zero-order chi connectivity index (χ0) is 25.0. The van der Waals surface area contributed by atoms with Crippen LogP contribution in [0.4, 0.5) is 4.79 Å². The molecule has 8 heteroatoms. The van der Waals surface area contributed by atoms with Crippen LogP contribution in [0.3, 0.4) is 0 Å². The average molecular weight is 462 g/mol. The second kappa shape index (κ2) is 13.6. The van der Waals surface area contributed by atoms with Crippen LogP contribution in [0.2, 0.25) is 0 Å². The van der Waals surface area contributed by atoms with Crippen molar-refractivity contribution in [2.45, 2.75) is 71.6 Å². The van der Waals surface area contributed by atoms with Gasteiger partial charge in [0.2, 0.25) is 11.8 Å². The molecular formula is C25H39N3O5. The topological polar surface area (TPSA) is 108 Å². The summed E-state index contributed by atoms with van der Waals surface area (Å²) >= 11 is 0. The number of amides is 3. The maximum absolute atomic E-state index is 13.4. The van der Waals surface area contributed by atoms with Gasteiger partial charge < -0.3 is 25.4 Å². The van der Waals surface area contributed by atoms with E-state index < -0.39 is 36.3 Å². The summed E-state index contributed by atoms with van der Waals surface area (Å²) in [5, 5.41) is 15.2. The molecule has 33 heavy (non-hydrogen) atoms. The third kappa shape index (κ3) is 9.26. The fourth-order valence-electron chi connectivity index (χ4n) is 3.19. The first-order chi connectivity index (χ1) is 15.6. The first kappa shape index (κ1) is 28.2. The van der Waals surface area contributed by atoms with Gasteiger partial charge in [-0.3, -0.25) is 9.59 Å². The zero-order valence-corrected chi connectivity index (χ0v) is 20.5. The molecule has 3 amide bonds. The second-order valence-corrected chi connectivity index (χ2v) is 8.80. The number of carbonyl (C=O) groups is 3. The molecule has 0 aromatic heterocycles. The van der Waals surface area contributed by atoms with E-state index in [1.54, 1.807) is 20.8 Å². The van der Waals surface area contributed by atoms with E-state index >= 15 is 0 Å². The molecule has 1 aromatic carbocycles. The molecular weight excluding hydrogens is 422 g/mol. The summed E-state index contributed by atoms with van der Waals surface area (Å²) in [6.45, 7) is 12.7. The van der Waals surface area contributed by atoms with E-state index in [0.717, 1.165) is 24.8 Å². The Morgan fingerprint density at radius 2 is 1.82 bits per heavy atom. The smallest absolute Gasteiger partial charge is 0.408 e. The highest BCUT2D eigenvalue weighted by Gasteiger charge is 2.35. The lowest BCUT2D eigenvalue weighted by molar-refractivity contribution is -0.142. The fraction of sp³-hybridized carbons (Fsp3) is 0.560. The molecule has 1 rings (SSSR count). The van der Waals surface area contributed by atoms with Crippen LogP contribution in [0.15, 0.2) is 36.9 Å². The number of hydrogen-bond donors (Lipinski definition) is 3. The van der Waals surface area contributed by atoms with Gasteiger partial charge >= 0.3 is 6.09 Å². The van der Waals surface area contributed by atoms with Gasteiger partial charge in [0, 0.05) is 13.1 Å². The number of carbonyl (C=O) groups excluding carboxylic acids is 3. The summed E-state index contributed by atoms with van der Waals surface area (Å²) in [7, 11) is 0. The molecule has 2 unspecified atom stereocenters. The van der Waals surface area contributed by atoms with Crippen LogP contribution in [0.5, 0.6) is 0 Å². The minimum atomic E-state index is -1.28. The molecule has 0 bridgehead atoms. The zero-order valence-electron chi connectivity index (χ0n) is 20.5. The molecule has 0 saturated heterocycles. The first-order valence-corrected chi connectivity index (χ1v) is 11.5. The lowest BCUT2D eigenvalue weighted by Crippen LogP contribution is -2.54. The number of aliphatic hydroxyl groups excluding tert-OH is 1. The number of ether oxygens (including phenoxy) is 1. The number of benzene rings is 1. The van der Waals surface area contributed by atoms with E-state index in [1.807, 2.05) is 38.1 Å². The van der Waals surface area contributed by atoms with Gasteiger partial charge in [-0.05, 0) is 44.7 Å². The number of hydrogen-bond acceptors (Lipinski definition) is 5. The van der Waals surface area contributed by atoms with E-state index in [2.05, 4.69) is 17.2 Å². The van der Waals surface area contributed by atoms with Gasteiger partial charge in [0.1, 0.15) is 17.7 Å². The van der Waals surface area contributed by atoms with Gasteiger partial charge in [-0.25, -0.2) is 4.79 Å². The number of rotatable bonds is 12. The molecule has 0 saturated carbocycles. The molecule has 184 valence electrons. The van der Waals surface area contributed by atoms with Crippen LogP contribution >= 0.6 is 0 Å². The summed E-state index contributed by atoms with van der Waals surface area (Å²) < 4.78 is 5.21. The molecule has 0 spiro atoms. The first-order valence-electron chi connectivity index (χ1n) is 11.5. The summed E-state index contributed by atoms with van der Waals surface area (Å²) in [5.41, 5.74) is 0.965. The van der Waals surface area contributed by atoms with E-state index in [4.69, 9.17) is 4.74 Å². The molecule has 2 atom stereocenters. The predicted molar refractivity (Wildman–Crippen MR) is 129 cm³/mol. The van der Waals surface area contributed by atoms with E-state index in [-0.39, 0.29) is 12.5 Å². The van der Waals surface area contributed by atoms with Crippen LogP contribution in [-0.2, 0) is 20.7 Å².